The lowest BCUT2D eigenvalue weighted by molar-refractivity contribution is -0.384. The van der Waals surface area contributed by atoms with Crippen LogP contribution in [-0.2, 0) is 0 Å². The Labute approximate surface area is 79.9 Å². The summed E-state index contributed by atoms with van der Waals surface area (Å²) < 4.78 is 0. The molecule has 0 aliphatic carbocycles. The maximum atomic E-state index is 10.4. The zero-order chi connectivity index (χ0) is 10.0. The second-order valence-corrected chi connectivity index (χ2v) is 2.89. The highest BCUT2D eigenvalue weighted by molar-refractivity contribution is 6.32. The molecule has 1 atom stereocenters. The number of aliphatic hydroxyl groups is 1. The summed E-state index contributed by atoms with van der Waals surface area (Å²) in [5.74, 6) is 0. The number of nitro benzene ring substituents is 1. The third-order valence-corrected chi connectivity index (χ3v) is 1.87. The van der Waals surface area contributed by atoms with Gasteiger partial charge in [0.15, 0.2) is 0 Å². The highest BCUT2D eigenvalue weighted by atomic mass is 35.5. The molecule has 1 aromatic rings. The van der Waals surface area contributed by atoms with E-state index < -0.39 is 11.0 Å². The fourth-order valence-corrected chi connectivity index (χ4v) is 1.06. The van der Waals surface area contributed by atoms with E-state index in [0.717, 1.165) is 0 Å². The van der Waals surface area contributed by atoms with Gasteiger partial charge in [-0.25, -0.2) is 0 Å². The number of hydrogen-bond donors (Lipinski definition) is 1. The van der Waals surface area contributed by atoms with E-state index in [2.05, 4.69) is 6.92 Å². The van der Waals surface area contributed by atoms with Gasteiger partial charge in [0, 0.05) is 6.07 Å². The molecule has 0 aliphatic rings. The van der Waals surface area contributed by atoms with E-state index >= 15 is 0 Å². The normalized spacial score (nSPS) is 12.5. The Kier molecular flexibility index (Phi) is 2.85. The predicted molar refractivity (Wildman–Crippen MR) is 48.4 cm³/mol. The minimum absolute atomic E-state index is 0.0504. The Morgan fingerprint density at radius 3 is 2.69 bits per heavy atom. The van der Waals surface area contributed by atoms with Gasteiger partial charge in [0.25, 0.3) is 5.69 Å². The zero-order valence-electron chi connectivity index (χ0n) is 6.61. The molecule has 1 rings (SSSR count). The van der Waals surface area contributed by atoms with Crippen LogP contribution in [0, 0.1) is 17.0 Å². The molecular formula is C8H7ClNO3. The third-order valence-electron chi connectivity index (χ3n) is 1.55. The van der Waals surface area contributed by atoms with Gasteiger partial charge in [-0.1, -0.05) is 17.7 Å². The third kappa shape index (κ3) is 2.17. The van der Waals surface area contributed by atoms with Crippen LogP contribution in [0.15, 0.2) is 18.2 Å². The average molecular weight is 201 g/mol. The number of hydrogen-bond acceptors (Lipinski definition) is 3. The Morgan fingerprint density at radius 2 is 2.23 bits per heavy atom. The molecule has 0 saturated carbocycles. The van der Waals surface area contributed by atoms with Crippen molar-refractivity contribution in [2.24, 2.45) is 0 Å². The molecule has 0 spiro atoms. The second-order valence-electron chi connectivity index (χ2n) is 2.48. The monoisotopic (exact) mass is 200 g/mol. The number of rotatable bonds is 2. The quantitative estimate of drug-likeness (QED) is 0.588. The van der Waals surface area contributed by atoms with Gasteiger partial charge in [-0.05, 0) is 18.6 Å². The van der Waals surface area contributed by atoms with E-state index in [1.807, 2.05) is 0 Å². The Morgan fingerprint density at radius 1 is 1.62 bits per heavy atom. The number of nitrogens with zero attached hydrogens (tertiary/aromatic N) is 1. The van der Waals surface area contributed by atoms with E-state index in [0.29, 0.717) is 5.56 Å². The van der Waals surface area contributed by atoms with Crippen molar-refractivity contribution in [3.63, 3.8) is 0 Å². The maximum Gasteiger partial charge on any atom is 0.288 e. The van der Waals surface area contributed by atoms with E-state index in [4.69, 9.17) is 16.7 Å². The molecule has 69 valence electrons. The smallest absolute Gasteiger partial charge is 0.288 e. The van der Waals surface area contributed by atoms with Crippen LogP contribution in [0.5, 0.6) is 0 Å². The average Bonchev–Trinajstić information content (AvgIpc) is 2.04. The molecule has 0 aromatic heterocycles. The van der Waals surface area contributed by atoms with Crippen molar-refractivity contribution in [1.29, 1.82) is 0 Å². The summed E-state index contributed by atoms with van der Waals surface area (Å²) in [5, 5.41) is 19.5. The first-order chi connectivity index (χ1) is 6.02. The molecule has 0 heterocycles. The maximum absolute atomic E-state index is 10.4. The van der Waals surface area contributed by atoms with Gasteiger partial charge in [-0.15, -0.1) is 0 Å². The van der Waals surface area contributed by atoms with Crippen molar-refractivity contribution in [1.82, 2.24) is 0 Å². The molecule has 4 nitrogen and oxygen atoms in total. The molecule has 1 radical (unpaired) electrons. The molecular weight excluding hydrogens is 194 g/mol. The van der Waals surface area contributed by atoms with Gasteiger partial charge >= 0.3 is 0 Å². The first-order valence-corrected chi connectivity index (χ1v) is 3.85. The lowest BCUT2D eigenvalue weighted by Gasteiger charge is -2.03. The zero-order valence-corrected chi connectivity index (χ0v) is 7.36. The van der Waals surface area contributed by atoms with E-state index in [1.54, 1.807) is 0 Å². The molecule has 0 bridgehead atoms. The standard InChI is InChI=1S/C8H7ClNO3/c1-5(11)6-2-3-7(9)8(4-6)10(12)13/h2-5,11H,1H2. The van der Waals surface area contributed by atoms with Crippen molar-refractivity contribution in [3.8, 4) is 0 Å². The van der Waals surface area contributed by atoms with Crippen LogP contribution < -0.4 is 0 Å². The minimum Gasteiger partial charge on any atom is -0.388 e. The molecule has 0 saturated heterocycles. The van der Waals surface area contributed by atoms with Gasteiger partial charge in [-0.3, -0.25) is 10.1 Å². The molecule has 0 aliphatic heterocycles. The highest BCUT2D eigenvalue weighted by Gasteiger charge is 2.14. The van der Waals surface area contributed by atoms with Gasteiger partial charge in [-0.2, -0.15) is 0 Å². The number of aliphatic hydroxyl groups excluding tert-OH is 1. The first kappa shape index (κ1) is 9.95. The molecule has 0 fully saturated rings. The Hall–Kier alpha value is -1.13. The number of benzene rings is 1. The van der Waals surface area contributed by atoms with E-state index in [-0.39, 0.29) is 10.7 Å². The lowest BCUT2D eigenvalue weighted by Crippen LogP contribution is -1.95. The summed E-state index contributed by atoms with van der Waals surface area (Å²) >= 11 is 5.55. The lowest BCUT2D eigenvalue weighted by atomic mass is 10.1. The van der Waals surface area contributed by atoms with Crippen molar-refractivity contribution in [3.05, 3.63) is 45.8 Å². The number of halogens is 1. The highest BCUT2D eigenvalue weighted by Crippen LogP contribution is 2.27. The van der Waals surface area contributed by atoms with Crippen molar-refractivity contribution in [2.45, 2.75) is 6.10 Å². The van der Waals surface area contributed by atoms with Crippen molar-refractivity contribution in [2.75, 3.05) is 0 Å². The summed E-state index contributed by atoms with van der Waals surface area (Å²) in [4.78, 5) is 9.81. The molecule has 0 amide bonds. The summed E-state index contributed by atoms with van der Waals surface area (Å²) in [6.07, 6.45) is -0.976. The SMILES string of the molecule is [CH2]C(O)c1ccc(Cl)c([N+](=O)[O-])c1. The van der Waals surface area contributed by atoms with Crippen LogP contribution in [0.25, 0.3) is 0 Å². The van der Waals surface area contributed by atoms with Crippen molar-refractivity contribution < 1.29 is 10.0 Å². The van der Waals surface area contributed by atoms with Crippen LogP contribution >= 0.6 is 11.6 Å². The van der Waals surface area contributed by atoms with Gasteiger partial charge in [0.2, 0.25) is 0 Å². The topological polar surface area (TPSA) is 63.4 Å². The molecule has 1 unspecified atom stereocenters. The molecule has 5 heteroatoms. The van der Waals surface area contributed by atoms with E-state index in [1.165, 1.54) is 18.2 Å². The van der Waals surface area contributed by atoms with Crippen LogP contribution in [0.2, 0.25) is 5.02 Å². The second kappa shape index (κ2) is 3.72. The summed E-state index contributed by atoms with van der Waals surface area (Å²) in [6, 6.07) is 4.07. The molecule has 1 N–H and O–H groups in total. The Bertz CT molecular complexity index is 338. The number of nitro groups is 1. The molecule has 1 aromatic carbocycles. The Balaban J connectivity index is 3.19. The van der Waals surface area contributed by atoms with Crippen LogP contribution in [0.4, 0.5) is 5.69 Å². The molecule has 13 heavy (non-hydrogen) atoms. The largest absolute Gasteiger partial charge is 0.388 e. The van der Waals surface area contributed by atoms with E-state index in [9.17, 15) is 10.1 Å². The van der Waals surface area contributed by atoms with Gasteiger partial charge < -0.3 is 5.11 Å². The van der Waals surface area contributed by atoms with Gasteiger partial charge in [0.1, 0.15) is 5.02 Å². The van der Waals surface area contributed by atoms with Crippen molar-refractivity contribution >= 4 is 17.3 Å². The minimum atomic E-state index is -0.976. The van der Waals surface area contributed by atoms with Crippen LogP contribution in [0.1, 0.15) is 11.7 Å². The van der Waals surface area contributed by atoms with Gasteiger partial charge in [0.05, 0.1) is 11.0 Å². The summed E-state index contributed by atoms with van der Waals surface area (Å²) in [7, 11) is 0. The fraction of sp³-hybridized carbons (Fsp3) is 0.125. The fourth-order valence-electron chi connectivity index (χ4n) is 0.877. The summed E-state index contributed by atoms with van der Waals surface area (Å²) in [5.41, 5.74) is 0.151. The summed E-state index contributed by atoms with van der Waals surface area (Å²) in [6.45, 7) is 3.33. The van der Waals surface area contributed by atoms with Crippen LogP contribution in [-0.4, -0.2) is 10.0 Å². The predicted octanol–water partition coefficient (Wildman–Crippen LogP) is 2.12. The van der Waals surface area contributed by atoms with Crippen LogP contribution in [0.3, 0.4) is 0 Å². The first-order valence-electron chi connectivity index (χ1n) is 3.47.